The van der Waals surface area contributed by atoms with E-state index in [2.05, 4.69) is 17.0 Å². The molecule has 1 aliphatic rings. The lowest BCUT2D eigenvalue weighted by Crippen LogP contribution is -2.18. The van der Waals surface area contributed by atoms with Gasteiger partial charge in [0.15, 0.2) is 5.82 Å². The standard InChI is InChI=1S/C11H17N3O/c1-3-14-11(12-7-13-14)10(15)9-5-4-8(2)6-9/h7-9H,3-6H2,1-2H3. The van der Waals surface area contributed by atoms with Crippen molar-refractivity contribution >= 4 is 5.78 Å². The average Bonchev–Trinajstić information content (AvgIpc) is 2.84. The quantitative estimate of drug-likeness (QED) is 0.711. The zero-order valence-corrected chi connectivity index (χ0v) is 9.31. The molecule has 0 amide bonds. The molecule has 2 atom stereocenters. The predicted octanol–water partition coefficient (Wildman–Crippen LogP) is 1.92. The maximum Gasteiger partial charge on any atom is 0.202 e. The van der Waals surface area contributed by atoms with Crippen LogP contribution in [0.2, 0.25) is 0 Å². The minimum atomic E-state index is 0.175. The Morgan fingerprint density at radius 3 is 3.00 bits per heavy atom. The molecule has 0 radical (unpaired) electrons. The van der Waals surface area contributed by atoms with E-state index in [-0.39, 0.29) is 11.7 Å². The fourth-order valence-electron chi connectivity index (χ4n) is 2.31. The van der Waals surface area contributed by atoms with E-state index in [1.807, 2.05) is 6.92 Å². The fourth-order valence-corrected chi connectivity index (χ4v) is 2.31. The van der Waals surface area contributed by atoms with Crippen molar-refractivity contribution in [2.45, 2.75) is 39.7 Å². The van der Waals surface area contributed by atoms with Gasteiger partial charge in [-0.3, -0.25) is 4.79 Å². The number of carbonyl (C=O) groups is 1. The zero-order chi connectivity index (χ0) is 10.8. The summed E-state index contributed by atoms with van der Waals surface area (Å²) >= 11 is 0. The molecule has 0 N–H and O–H groups in total. The summed E-state index contributed by atoms with van der Waals surface area (Å²) in [7, 11) is 0. The van der Waals surface area contributed by atoms with Crippen LogP contribution in [0.25, 0.3) is 0 Å². The van der Waals surface area contributed by atoms with Crippen molar-refractivity contribution in [3.05, 3.63) is 12.2 Å². The molecule has 1 aliphatic carbocycles. The third-order valence-corrected chi connectivity index (χ3v) is 3.20. The number of carbonyl (C=O) groups excluding carboxylic acids is 1. The Kier molecular flexibility index (Phi) is 2.84. The monoisotopic (exact) mass is 207 g/mol. The summed E-state index contributed by atoms with van der Waals surface area (Å²) in [6, 6.07) is 0. The van der Waals surface area contributed by atoms with Crippen molar-refractivity contribution in [2.75, 3.05) is 0 Å². The molecule has 0 spiro atoms. The van der Waals surface area contributed by atoms with Crippen LogP contribution in [0.1, 0.15) is 43.7 Å². The van der Waals surface area contributed by atoms with Crippen molar-refractivity contribution in [1.82, 2.24) is 14.8 Å². The first-order valence-corrected chi connectivity index (χ1v) is 5.64. The van der Waals surface area contributed by atoms with Gasteiger partial charge in [-0.1, -0.05) is 6.92 Å². The molecule has 0 saturated heterocycles. The molecule has 82 valence electrons. The Morgan fingerprint density at radius 1 is 1.60 bits per heavy atom. The highest BCUT2D eigenvalue weighted by molar-refractivity contribution is 5.94. The largest absolute Gasteiger partial charge is 0.290 e. The number of ketones is 1. The topological polar surface area (TPSA) is 47.8 Å². The van der Waals surface area contributed by atoms with Crippen molar-refractivity contribution in [1.29, 1.82) is 0 Å². The number of rotatable bonds is 3. The Balaban J connectivity index is 2.14. The number of hydrogen-bond donors (Lipinski definition) is 0. The van der Waals surface area contributed by atoms with Crippen LogP contribution >= 0.6 is 0 Å². The van der Waals surface area contributed by atoms with Gasteiger partial charge in [0, 0.05) is 12.5 Å². The third kappa shape index (κ3) is 1.94. The second kappa shape index (κ2) is 4.13. The first kappa shape index (κ1) is 10.3. The van der Waals surface area contributed by atoms with Gasteiger partial charge in [-0.2, -0.15) is 5.10 Å². The lowest BCUT2D eigenvalue weighted by atomic mass is 10.0. The Morgan fingerprint density at radius 2 is 2.40 bits per heavy atom. The summed E-state index contributed by atoms with van der Waals surface area (Å²) in [5.41, 5.74) is 0. The van der Waals surface area contributed by atoms with Crippen molar-refractivity contribution in [3.8, 4) is 0 Å². The highest BCUT2D eigenvalue weighted by atomic mass is 16.1. The average molecular weight is 207 g/mol. The predicted molar refractivity (Wildman–Crippen MR) is 56.5 cm³/mol. The SMILES string of the molecule is CCn1ncnc1C(=O)C1CCC(C)C1. The lowest BCUT2D eigenvalue weighted by molar-refractivity contribution is 0.0904. The van der Waals surface area contributed by atoms with Gasteiger partial charge < -0.3 is 0 Å². The molecule has 4 nitrogen and oxygen atoms in total. The van der Waals surface area contributed by atoms with Gasteiger partial charge in [0.25, 0.3) is 0 Å². The number of Topliss-reactive ketones (excluding diaryl/α,β-unsaturated/α-hetero) is 1. The first-order valence-electron chi connectivity index (χ1n) is 5.64. The van der Waals surface area contributed by atoms with Gasteiger partial charge in [0.1, 0.15) is 6.33 Å². The van der Waals surface area contributed by atoms with Gasteiger partial charge in [-0.15, -0.1) is 0 Å². The summed E-state index contributed by atoms with van der Waals surface area (Å²) in [4.78, 5) is 16.2. The van der Waals surface area contributed by atoms with Crippen LogP contribution in [0.5, 0.6) is 0 Å². The Hall–Kier alpha value is -1.19. The highest BCUT2D eigenvalue weighted by Crippen LogP contribution is 2.32. The van der Waals surface area contributed by atoms with Crippen LogP contribution in [0, 0.1) is 11.8 Å². The van der Waals surface area contributed by atoms with Crippen LogP contribution < -0.4 is 0 Å². The summed E-state index contributed by atoms with van der Waals surface area (Å²) in [6.07, 6.45) is 4.65. The van der Waals surface area contributed by atoms with Gasteiger partial charge in [-0.25, -0.2) is 9.67 Å². The van der Waals surface area contributed by atoms with E-state index in [1.54, 1.807) is 4.68 Å². The summed E-state index contributed by atoms with van der Waals surface area (Å²) in [5.74, 6) is 1.57. The molecule has 1 aromatic heterocycles. The van der Waals surface area contributed by atoms with Gasteiger partial charge in [-0.05, 0) is 32.1 Å². The minimum absolute atomic E-state index is 0.175. The van der Waals surface area contributed by atoms with E-state index in [4.69, 9.17) is 0 Å². The molecule has 15 heavy (non-hydrogen) atoms. The maximum atomic E-state index is 12.1. The molecule has 0 bridgehead atoms. The molecule has 1 aromatic rings. The molecule has 0 aliphatic heterocycles. The van der Waals surface area contributed by atoms with E-state index in [0.29, 0.717) is 18.3 Å². The van der Waals surface area contributed by atoms with Crippen LogP contribution in [-0.2, 0) is 6.54 Å². The molecular weight excluding hydrogens is 190 g/mol. The molecule has 2 unspecified atom stereocenters. The Bertz CT molecular complexity index is 358. The van der Waals surface area contributed by atoms with Crippen LogP contribution in [-0.4, -0.2) is 20.5 Å². The van der Waals surface area contributed by atoms with E-state index in [1.165, 1.54) is 6.33 Å². The molecule has 1 saturated carbocycles. The normalized spacial score (nSPS) is 25.7. The molecule has 4 heteroatoms. The number of aryl methyl sites for hydroxylation is 1. The molecule has 0 aromatic carbocycles. The molecule has 1 fully saturated rings. The van der Waals surface area contributed by atoms with Gasteiger partial charge in [0.2, 0.25) is 5.78 Å². The van der Waals surface area contributed by atoms with Crippen molar-refractivity contribution in [2.24, 2.45) is 11.8 Å². The third-order valence-electron chi connectivity index (χ3n) is 3.20. The second-order valence-electron chi connectivity index (χ2n) is 4.38. The number of aromatic nitrogens is 3. The summed E-state index contributed by atoms with van der Waals surface area (Å²) in [5, 5.41) is 4.03. The number of hydrogen-bond acceptors (Lipinski definition) is 3. The molecule has 2 rings (SSSR count). The fraction of sp³-hybridized carbons (Fsp3) is 0.727. The van der Waals surface area contributed by atoms with E-state index >= 15 is 0 Å². The van der Waals surface area contributed by atoms with Crippen LogP contribution in [0.15, 0.2) is 6.33 Å². The summed E-state index contributed by atoms with van der Waals surface area (Å²) < 4.78 is 1.69. The Labute approximate surface area is 89.7 Å². The maximum absolute atomic E-state index is 12.1. The van der Waals surface area contributed by atoms with Crippen LogP contribution in [0.4, 0.5) is 0 Å². The van der Waals surface area contributed by atoms with Crippen molar-refractivity contribution < 1.29 is 4.79 Å². The second-order valence-corrected chi connectivity index (χ2v) is 4.38. The van der Waals surface area contributed by atoms with Crippen molar-refractivity contribution in [3.63, 3.8) is 0 Å². The summed E-state index contributed by atoms with van der Waals surface area (Å²) in [6.45, 7) is 4.89. The van der Waals surface area contributed by atoms with E-state index < -0.39 is 0 Å². The highest BCUT2D eigenvalue weighted by Gasteiger charge is 2.30. The van der Waals surface area contributed by atoms with E-state index in [0.717, 1.165) is 19.3 Å². The molecular formula is C11H17N3O. The van der Waals surface area contributed by atoms with Crippen LogP contribution in [0.3, 0.4) is 0 Å². The first-order chi connectivity index (χ1) is 7.22. The minimum Gasteiger partial charge on any atom is -0.290 e. The smallest absolute Gasteiger partial charge is 0.202 e. The van der Waals surface area contributed by atoms with Gasteiger partial charge in [0.05, 0.1) is 0 Å². The van der Waals surface area contributed by atoms with E-state index in [9.17, 15) is 4.79 Å². The molecule has 1 heterocycles. The zero-order valence-electron chi connectivity index (χ0n) is 9.31. The van der Waals surface area contributed by atoms with Gasteiger partial charge >= 0.3 is 0 Å². The lowest BCUT2D eigenvalue weighted by Gasteiger charge is -2.08. The number of nitrogens with zero attached hydrogens (tertiary/aromatic N) is 3.